The molecule has 0 saturated carbocycles. The number of allylic oxidation sites excluding steroid dienone is 1. The average molecular weight is 337 g/mol. The Morgan fingerprint density at radius 3 is 2.90 bits per heavy atom. The average Bonchev–Trinajstić information content (AvgIpc) is 2.85. The summed E-state index contributed by atoms with van der Waals surface area (Å²) in [6.07, 6.45) is -1.27. The smallest absolute Gasteiger partial charge is 0.285 e. The lowest BCUT2D eigenvalue weighted by atomic mass is 10.2. The molecule has 0 aromatic carbocycles. The van der Waals surface area contributed by atoms with Crippen LogP contribution in [0, 0.1) is 0 Å². The maximum Gasteiger partial charge on any atom is 0.454 e. The van der Waals surface area contributed by atoms with Crippen LogP contribution in [0.25, 0.3) is 0 Å². The first kappa shape index (κ1) is 16.3. The summed E-state index contributed by atoms with van der Waals surface area (Å²) in [6.45, 7) is 1.29. The molecule has 0 aliphatic carbocycles. The molecular formula is C13H12ClF3N2OS. The zero-order chi connectivity index (χ0) is 15.5. The van der Waals surface area contributed by atoms with E-state index in [1.54, 1.807) is 12.3 Å². The molecule has 2 rings (SSSR count). The molecule has 0 bridgehead atoms. The molecule has 1 unspecified atom stereocenters. The van der Waals surface area contributed by atoms with Gasteiger partial charge < -0.3 is 0 Å². The van der Waals surface area contributed by atoms with Crippen molar-refractivity contribution in [2.24, 2.45) is 0 Å². The molecule has 21 heavy (non-hydrogen) atoms. The molecule has 0 spiro atoms. The van der Waals surface area contributed by atoms with Gasteiger partial charge in [0.05, 0.1) is 5.37 Å². The topological polar surface area (TPSA) is 33.2 Å². The van der Waals surface area contributed by atoms with Crippen LogP contribution >= 0.6 is 23.4 Å². The number of rotatable bonds is 4. The number of ketones is 1. The zero-order valence-corrected chi connectivity index (χ0v) is 12.4. The van der Waals surface area contributed by atoms with Crippen molar-refractivity contribution in [3.05, 3.63) is 41.2 Å². The summed E-state index contributed by atoms with van der Waals surface area (Å²) < 4.78 is 36.5. The van der Waals surface area contributed by atoms with Crippen molar-refractivity contribution in [2.75, 3.05) is 12.3 Å². The Balaban J connectivity index is 1.99. The summed E-state index contributed by atoms with van der Waals surface area (Å²) in [4.78, 5) is 16.8. The summed E-state index contributed by atoms with van der Waals surface area (Å²) in [5.41, 5.74) is 0.919. The predicted molar refractivity (Wildman–Crippen MR) is 76.1 cm³/mol. The van der Waals surface area contributed by atoms with Crippen LogP contribution in [0.5, 0.6) is 0 Å². The fourth-order valence-electron chi connectivity index (χ4n) is 1.87. The third-order valence-electron chi connectivity index (χ3n) is 2.89. The third kappa shape index (κ3) is 4.72. The number of hydrogen-bond acceptors (Lipinski definition) is 4. The van der Waals surface area contributed by atoms with Crippen LogP contribution in [0.1, 0.15) is 5.56 Å². The summed E-state index contributed by atoms with van der Waals surface area (Å²) in [6, 6.07) is 3.48. The van der Waals surface area contributed by atoms with Crippen molar-refractivity contribution in [3.8, 4) is 0 Å². The van der Waals surface area contributed by atoms with Gasteiger partial charge in [-0.3, -0.25) is 9.69 Å². The minimum absolute atomic E-state index is 0.244. The molecule has 8 heteroatoms. The first-order valence-corrected chi connectivity index (χ1v) is 7.54. The third-order valence-corrected chi connectivity index (χ3v) is 4.33. The van der Waals surface area contributed by atoms with Gasteiger partial charge in [0.2, 0.25) is 0 Å². The van der Waals surface area contributed by atoms with Crippen molar-refractivity contribution in [3.63, 3.8) is 0 Å². The Hall–Kier alpha value is -1.05. The highest BCUT2D eigenvalue weighted by molar-refractivity contribution is 8.00. The maximum atomic E-state index is 12.2. The van der Waals surface area contributed by atoms with E-state index in [-0.39, 0.29) is 5.37 Å². The second-order valence-corrected chi connectivity index (χ2v) is 6.05. The highest BCUT2D eigenvalue weighted by atomic mass is 35.5. The van der Waals surface area contributed by atoms with Crippen LogP contribution in [0.4, 0.5) is 13.2 Å². The fourth-order valence-corrected chi connectivity index (χ4v) is 3.14. The van der Waals surface area contributed by atoms with E-state index in [4.69, 9.17) is 11.6 Å². The molecule has 1 atom stereocenters. The van der Waals surface area contributed by atoms with E-state index in [0.717, 1.165) is 17.9 Å². The summed E-state index contributed by atoms with van der Waals surface area (Å²) in [5, 5.41) is 0.147. The number of halogens is 4. The standard InChI is InChI=1S/C13H12ClF3N2OS/c14-11-3-1-9(7-18-11)8-19-5-6-21-12(19)4-2-10(20)13(15,16)17/h1-4,7,12H,5-6,8H2. The first-order chi connectivity index (χ1) is 9.86. The number of aromatic nitrogens is 1. The molecule has 1 saturated heterocycles. The lowest BCUT2D eigenvalue weighted by Crippen LogP contribution is -2.27. The normalized spacial score (nSPS) is 20.3. The zero-order valence-electron chi connectivity index (χ0n) is 10.8. The van der Waals surface area contributed by atoms with Crippen molar-refractivity contribution >= 4 is 29.1 Å². The Bertz CT molecular complexity index is 533. The van der Waals surface area contributed by atoms with E-state index >= 15 is 0 Å². The van der Waals surface area contributed by atoms with Gasteiger partial charge >= 0.3 is 6.18 Å². The molecule has 114 valence electrons. The Morgan fingerprint density at radius 2 is 2.29 bits per heavy atom. The molecule has 1 aliphatic heterocycles. The summed E-state index contributed by atoms with van der Waals surface area (Å²) >= 11 is 7.20. The van der Waals surface area contributed by atoms with Crippen molar-refractivity contribution in [2.45, 2.75) is 18.1 Å². The highest BCUT2D eigenvalue weighted by Gasteiger charge is 2.36. The van der Waals surface area contributed by atoms with Crippen LogP contribution in [0.15, 0.2) is 30.5 Å². The molecule has 0 N–H and O–H groups in total. The number of pyridine rings is 1. The molecule has 0 amide bonds. The molecule has 3 nitrogen and oxygen atoms in total. The van der Waals surface area contributed by atoms with Crippen LogP contribution in [-0.2, 0) is 11.3 Å². The maximum absolute atomic E-state index is 12.2. The summed E-state index contributed by atoms with van der Waals surface area (Å²) in [5.74, 6) is -1.03. The van der Waals surface area contributed by atoms with Gasteiger partial charge in [-0.15, -0.1) is 11.8 Å². The monoisotopic (exact) mass is 336 g/mol. The summed E-state index contributed by atoms with van der Waals surface area (Å²) in [7, 11) is 0. The van der Waals surface area contributed by atoms with Crippen LogP contribution in [0.2, 0.25) is 5.15 Å². The van der Waals surface area contributed by atoms with E-state index < -0.39 is 12.0 Å². The largest absolute Gasteiger partial charge is 0.454 e. The van der Waals surface area contributed by atoms with Crippen molar-refractivity contribution < 1.29 is 18.0 Å². The van der Waals surface area contributed by atoms with Gasteiger partial charge in [0.25, 0.3) is 5.78 Å². The molecule has 2 heterocycles. The lowest BCUT2D eigenvalue weighted by Gasteiger charge is -2.20. The Kier molecular flexibility index (Phi) is 5.29. The van der Waals surface area contributed by atoms with Crippen molar-refractivity contribution in [1.29, 1.82) is 0 Å². The van der Waals surface area contributed by atoms with Gasteiger partial charge in [0, 0.05) is 25.0 Å². The molecule has 1 aromatic heterocycles. The van der Waals surface area contributed by atoms with Gasteiger partial charge in [0.15, 0.2) is 0 Å². The SMILES string of the molecule is O=C(C=CC1SCCN1Cc1ccc(Cl)nc1)C(F)(F)F. The van der Waals surface area contributed by atoms with Gasteiger partial charge in [-0.1, -0.05) is 23.7 Å². The molecular weight excluding hydrogens is 325 g/mol. The highest BCUT2D eigenvalue weighted by Crippen LogP contribution is 2.27. The van der Waals surface area contributed by atoms with E-state index in [9.17, 15) is 18.0 Å². The quantitative estimate of drug-likeness (QED) is 0.624. The second-order valence-electron chi connectivity index (χ2n) is 4.44. The number of carbonyl (C=O) groups excluding carboxylic acids is 1. The number of hydrogen-bond donors (Lipinski definition) is 0. The molecule has 1 fully saturated rings. The molecule has 1 aliphatic rings. The van der Waals surface area contributed by atoms with Crippen LogP contribution in [0.3, 0.4) is 0 Å². The van der Waals surface area contributed by atoms with Gasteiger partial charge in [-0.05, 0) is 17.7 Å². The van der Waals surface area contributed by atoms with E-state index in [1.807, 2.05) is 11.0 Å². The number of nitrogens with zero attached hydrogens (tertiary/aromatic N) is 2. The first-order valence-electron chi connectivity index (χ1n) is 6.12. The number of alkyl halides is 3. The minimum atomic E-state index is -4.81. The molecule has 0 radical (unpaired) electrons. The van der Waals surface area contributed by atoms with Gasteiger partial charge in [0.1, 0.15) is 5.15 Å². The van der Waals surface area contributed by atoms with Crippen molar-refractivity contribution in [1.82, 2.24) is 9.88 Å². The fraction of sp³-hybridized carbons (Fsp3) is 0.385. The number of carbonyl (C=O) groups is 1. The Labute approximate surface area is 129 Å². The van der Waals surface area contributed by atoms with E-state index in [1.165, 1.54) is 17.8 Å². The predicted octanol–water partition coefficient (Wildman–Crippen LogP) is 3.30. The molecule has 1 aromatic rings. The second kappa shape index (κ2) is 6.81. The Morgan fingerprint density at radius 1 is 1.52 bits per heavy atom. The van der Waals surface area contributed by atoms with Gasteiger partial charge in [-0.2, -0.15) is 13.2 Å². The van der Waals surface area contributed by atoms with E-state index in [0.29, 0.717) is 17.8 Å². The minimum Gasteiger partial charge on any atom is -0.285 e. The van der Waals surface area contributed by atoms with Crippen LogP contribution < -0.4 is 0 Å². The van der Waals surface area contributed by atoms with Gasteiger partial charge in [-0.25, -0.2) is 4.98 Å². The number of thioether (sulfide) groups is 1. The van der Waals surface area contributed by atoms with E-state index in [2.05, 4.69) is 4.98 Å². The lowest BCUT2D eigenvalue weighted by molar-refractivity contribution is -0.165. The van der Waals surface area contributed by atoms with Crippen LogP contribution in [-0.4, -0.2) is 39.5 Å².